The Morgan fingerprint density at radius 1 is 1.26 bits per heavy atom. The molecular formula is C11H13ClF3NO2S. The molecular weight excluding hydrogens is 303 g/mol. The minimum absolute atomic E-state index is 0.215. The highest BCUT2D eigenvalue weighted by molar-refractivity contribution is 7.88. The monoisotopic (exact) mass is 315 g/mol. The zero-order chi connectivity index (χ0) is 14.7. The van der Waals surface area contributed by atoms with E-state index in [1.54, 1.807) is 18.2 Å². The molecule has 1 rings (SSSR count). The summed E-state index contributed by atoms with van der Waals surface area (Å²) in [7, 11) is -3.09. The van der Waals surface area contributed by atoms with Crippen LogP contribution in [0.4, 0.5) is 13.2 Å². The smallest absolute Gasteiger partial charge is 0.212 e. The molecule has 108 valence electrons. The lowest BCUT2D eigenvalue weighted by molar-refractivity contribution is -0.134. The number of halogens is 4. The van der Waals surface area contributed by atoms with E-state index < -0.39 is 28.5 Å². The van der Waals surface area contributed by atoms with Crippen LogP contribution in [0.2, 0.25) is 0 Å². The molecule has 0 heterocycles. The van der Waals surface area contributed by atoms with Crippen molar-refractivity contribution in [2.24, 2.45) is 0 Å². The normalized spacial score (nSPS) is 12.9. The molecule has 0 aliphatic carbocycles. The second-order valence-electron chi connectivity index (χ2n) is 4.08. The van der Waals surface area contributed by atoms with Crippen LogP contribution < -0.4 is 0 Å². The van der Waals surface area contributed by atoms with Gasteiger partial charge in [0.15, 0.2) is 0 Å². The molecule has 0 aromatic heterocycles. The average molecular weight is 316 g/mol. The van der Waals surface area contributed by atoms with Crippen molar-refractivity contribution in [3.8, 4) is 0 Å². The summed E-state index contributed by atoms with van der Waals surface area (Å²) in [6.45, 7) is -1.50. The molecule has 0 saturated carbocycles. The number of sulfonamides is 1. The molecule has 8 heteroatoms. The average Bonchev–Trinajstić information content (AvgIpc) is 2.26. The highest BCUT2D eigenvalue weighted by Gasteiger charge is 2.34. The van der Waals surface area contributed by atoms with Gasteiger partial charge in [0.2, 0.25) is 10.0 Å². The van der Waals surface area contributed by atoms with Gasteiger partial charge in [-0.3, -0.25) is 0 Å². The summed E-state index contributed by atoms with van der Waals surface area (Å²) < 4.78 is 60.4. The fourth-order valence-electron chi connectivity index (χ4n) is 1.47. The largest absolute Gasteiger partial charge is 0.402 e. The minimum Gasteiger partial charge on any atom is -0.212 e. The van der Waals surface area contributed by atoms with Crippen molar-refractivity contribution in [1.82, 2.24) is 4.31 Å². The van der Waals surface area contributed by atoms with Crippen molar-refractivity contribution in [1.29, 1.82) is 0 Å². The Morgan fingerprint density at radius 3 is 2.37 bits per heavy atom. The zero-order valence-corrected chi connectivity index (χ0v) is 11.7. The Balaban J connectivity index is 2.84. The molecule has 0 amide bonds. The molecule has 0 aliphatic rings. The van der Waals surface area contributed by atoms with Gasteiger partial charge in [-0.05, 0) is 11.1 Å². The molecule has 0 atom stereocenters. The van der Waals surface area contributed by atoms with Gasteiger partial charge in [0.05, 0.1) is 5.75 Å². The summed E-state index contributed by atoms with van der Waals surface area (Å²) in [4.78, 5) is 0. The predicted octanol–water partition coefficient (Wildman–Crippen LogP) is 2.75. The molecule has 0 aliphatic heterocycles. The highest BCUT2D eigenvalue weighted by Crippen LogP contribution is 2.19. The van der Waals surface area contributed by atoms with Gasteiger partial charge in [0.1, 0.15) is 6.54 Å². The summed E-state index contributed by atoms with van der Waals surface area (Å²) >= 11 is 5.61. The van der Waals surface area contributed by atoms with Crippen molar-refractivity contribution < 1.29 is 21.6 Å². The maximum atomic E-state index is 12.2. The van der Waals surface area contributed by atoms with Crippen LogP contribution in [-0.4, -0.2) is 32.5 Å². The van der Waals surface area contributed by atoms with Gasteiger partial charge in [-0.25, -0.2) is 8.42 Å². The molecule has 0 bridgehead atoms. The first-order chi connectivity index (χ1) is 8.64. The Morgan fingerprint density at radius 2 is 1.84 bits per heavy atom. The van der Waals surface area contributed by atoms with Crippen LogP contribution in [0.15, 0.2) is 24.3 Å². The van der Waals surface area contributed by atoms with E-state index in [2.05, 4.69) is 0 Å². The van der Waals surface area contributed by atoms with Crippen LogP contribution in [0.5, 0.6) is 0 Å². The molecule has 1 aromatic rings. The first-order valence-electron chi connectivity index (χ1n) is 5.28. The third-order valence-corrected chi connectivity index (χ3v) is 4.46. The molecule has 0 radical (unpaired) electrons. The van der Waals surface area contributed by atoms with Crippen molar-refractivity contribution in [3.05, 3.63) is 35.4 Å². The lowest BCUT2D eigenvalue weighted by Crippen LogP contribution is -2.36. The van der Waals surface area contributed by atoms with E-state index in [0.717, 1.165) is 7.05 Å². The topological polar surface area (TPSA) is 37.4 Å². The van der Waals surface area contributed by atoms with Crippen LogP contribution >= 0.6 is 11.6 Å². The van der Waals surface area contributed by atoms with E-state index in [1.165, 1.54) is 6.07 Å². The number of benzene rings is 1. The number of nitrogens with zero attached hydrogens (tertiary/aromatic N) is 1. The maximum Gasteiger partial charge on any atom is 0.402 e. The van der Waals surface area contributed by atoms with Gasteiger partial charge in [-0.15, -0.1) is 11.6 Å². The molecule has 3 nitrogen and oxygen atoms in total. The van der Waals surface area contributed by atoms with Crippen LogP contribution in [0, 0.1) is 0 Å². The number of hydrogen-bond acceptors (Lipinski definition) is 2. The van der Waals surface area contributed by atoms with E-state index in [0.29, 0.717) is 15.4 Å². The third-order valence-electron chi connectivity index (χ3n) is 2.37. The lowest BCUT2D eigenvalue weighted by Gasteiger charge is -2.18. The van der Waals surface area contributed by atoms with Crippen molar-refractivity contribution in [2.45, 2.75) is 17.8 Å². The van der Waals surface area contributed by atoms with E-state index in [9.17, 15) is 21.6 Å². The minimum atomic E-state index is -4.56. The van der Waals surface area contributed by atoms with Gasteiger partial charge < -0.3 is 0 Å². The summed E-state index contributed by atoms with van der Waals surface area (Å²) in [5.41, 5.74) is 1.13. The summed E-state index contributed by atoms with van der Waals surface area (Å²) in [6, 6.07) is 6.43. The second kappa shape index (κ2) is 6.11. The fourth-order valence-corrected chi connectivity index (χ4v) is 2.80. The van der Waals surface area contributed by atoms with Crippen molar-refractivity contribution in [2.75, 3.05) is 13.6 Å². The number of hydrogen-bond donors (Lipinski definition) is 0. The van der Waals surface area contributed by atoms with Crippen LogP contribution in [0.3, 0.4) is 0 Å². The van der Waals surface area contributed by atoms with Gasteiger partial charge in [-0.1, -0.05) is 24.3 Å². The van der Waals surface area contributed by atoms with Crippen LogP contribution in [-0.2, 0) is 21.7 Å². The Kier molecular flexibility index (Phi) is 5.23. The van der Waals surface area contributed by atoms with E-state index in [-0.39, 0.29) is 5.88 Å². The van der Waals surface area contributed by atoms with Crippen LogP contribution in [0.1, 0.15) is 11.1 Å². The predicted molar refractivity (Wildman–Crippen MR) is 67.3 cm³/mol. The number of rotatable bonds is 5. The summed E-state index contributed by atoms with van der Waals surface area (Å²) in [6.07, 6.45) is -4.56. The van der Waals surface area contributed by atoms with E-state index >= 15 is 0 Å². The third kappa shape index (κ3) is 5.38. The first-order valence-corrected chi connectivity index (χ1v) is 7.43. The quantitative estimate of drug-likeness (QED) is 0.784. The van der Waals surface area contributed by atoms with Crippen molar-refractivity contribution >= 4 is 21.6 Å². The second-order valence-corrected chi connectivity index (χ2v) is 6.42. The Bertz CT molecular complexity index is 531. The SMILES string of the molecule is CN(CC(F)(F)F)S(=O)(=O)Cc1cccc(CCl)c1. The molecule has 0 unspecified atom stereocenters. The van der Waals surface area contributed by atoms with Gasteiger partial charge in [0, 0.05) is 12.9 Å². The standard InChI is InChI=1S/C11H13ClF3NO2S/c1-16(8-11(13,14)15)19(17,18)7-10-4-2-3-9(5-10)6-12/h2-5H,6-8H2,1H3. The molecule has 1 aromatic carbocycles. The van der Waals surface area contributed by atoms with Crippen molar-refractivity contribution in [3.63, 3.8) is 0 Å². The van der Waals surface area contributed by atoms with E-state index in [4.69, 9.17) is 11.6 Å². The van der Waals surface area contributed by atoms with Gasteiger partial charge in [0.25, 0.3) is 0 Å². The number of alkyl halides is 4. The lowest BCUT2D eigenvalue weighted by atomic mass is 10.2. The maximum absolute atomic E-state index is 12.2. The van der Waals surface area contributed by atoms with Crippen LogP contribution in [0.25, 0.3) is 0 Å². The van der Waals surface area contributed by atoms with E-state index in [1.807, 2.05) is 0 Å². The molecule has 0 N–H and O–H groups in total. The molecule has 19 heavy (non-hydrogen) atoms. The molecule has 0 saturated heterocycles. The Hall–Kier alpha value is -0.790. The summed E-state index contributed by atoms with van der Waals surface area (Å²) in [5.74, 6) is -0.267. The highest BCUT2D eigenvalue weighted by atomic mass is 35.5. The summed E-state index contributed by atoms with van der Waals surface area (Å²) in [5, 5.41) is 0. The zero-order valence-electron chi connectivity index (χ0n) is 10.1. The molecule has 0 spiro atoms. The van der Waals surface area contributed by atoms with Gasteiger partial charge in [-0.2, -0.15) is 17.5 Å². The molecule has 0 fully saturated rings. The van der Waals surface area contributed by atoms with Gasteiger partial charge >= 0.3 is 6.18 Å². The Labute approximate surface area is 115 Å². The fraction of sp³-hybridized carbons (Fsp3) is 0.455. The first kappa shape index (κ1) is 16.3.